The third-order valence-corrected chi connectivity index (χ3v) is 4.00. The largest absolute Gasteiger partial charge is 0.326 e. The second kappa shape index (κ2) is 6.76. The molecule has 4 nitrogen and oxygen atoms in total. The van der Waals surface area contributed by atoms with Crippen LogP contribution in [0.5, 0.6) is 0 Å². The number of rotatable bonds is 6. The highest BCUT2D eigenvalue weighted by atomic mass is 15.2. The monoisotopic (exact) mass is 284 g/mol. The predicted octanol–water partition coefficient (Wildman–Crippen LogP) is 3.42. The smallest absolute Gasteiger partial charge is 0.207 e. The van der Waals surface area contributed by atoms with E-state index in [1.165, 1.54) is 38.9 Å². The summed E-state index contributed by atoms with van der Waals surface area (Å²) in [5.41, 5.74) is 2.15. The summed E-state index contributed by atoms with van der Waals surface area (Å²) >= 11 is 0. The summed E-state index contributed by atoms with van der Waals surface area (Å²) in [7, 11) is 0. The summed E-state index contributed by atoms with van der Waals surface area (Å²) in [5.74, 6) is 0.945. The second-order valence-electron chi connectivity index (χ2n) is 5.79. The van der Waals surface area contributed by atoms with Crippen LogP contribution in [-0.2, 0) is 6.54 Å². The average Bonchev–Trinajstić information content (AvgIpc) is 3.11. The normalized spacial score (nSPS) is 15.5. The first-order chi connectivity index (χ1) is 10.3. The van der Waals surface area contributed by atoms with Crippen molar-refractivity contribution < 1.29 is 0 Å². The maximum absolute atomic E-state index is 4.59. The van der Waals surface area contributed by atoms with Gasteiger partial charge in [0.2, 0.25) is 5.95 Å². The van der Waals surface area contributed by atoms with Crippen LogP contribution in [0.15, 0.2) is 36.5 Å². The van der Waals surface area contributed by atoms with Crippen LogP contribution in [0.2, 0.25) is 0 Å². The molecule has 0 atom stereocenters. The molecule has 0 radical (unpaired) electrons. The van der Waals surface area contributed by atoms with E-state index in [1.807, 2.05) is 25.1 Å². The zero-order valence-corrected chi connectivity index (χ0v) is 12.8. The van der Waals surface area contributed by atoms with Crippen LogP contribution < -0.4 is 5.32 Å². The lowest BCUT2D eigenvalue weighted by Crippen LogP contribution is -2.21. The Kier molecular flexibility index (Phi) is 4.55. The van der Waals surface area contributed by atoms with E-state index in [0.717, 1.165) is 23.9 Å². The van der Waals surface area contributed by atoms with Crippen molar-refractivity contribution in [3.05, 3.63) is 42.2 Å². The third-order valence-electron chi connectivity index (χ3n) is 4.00. The quantitative estimate of drug-likeness (QED) is 0.882. The van der Waals surface area contributed by atoms with Crippen LogP contribution in [0.1, 0.15) is 25.0 Å². The molecule has 1 aromatic heterocycles. The van der Waals surface area contributed by atoms with Crippen LogP contribution >= 0.6 is 0 Å². The van der Waals surface area contributed by atoms with Crippen LogP contribution in [0.25, 0.3) is 0 Å². The van der Waals surface area contributed by atoms with Gasteiger partial charge in [-0.2, -0.15) is 0 Å². The lowest BCUT2D eigenvalue weighted by atomic mass is 10.3. The van der Waals surface area contributed by atoms with Crippen molar-refractivity contribution in [2.75, 3.05) is 25.0 Å². The van der Waals surface area contributed by atoms with Crippen LogP contribution in [0.3, 0.4) is 0 Å². The van der Waals surface area contributed by atoms with Gasteiger partial charge in [0.05, 0.1) is 5.69 Å². The van der Waals surface area contributed by atoms with E-state index in [-0.39, 0.29) is 0 Å². The van der Waals surface area contributed by atoms with Gasteiger partial charge in [-0.15, -0.1) is 0 Å². The van der Waals surface area contributed by atoms with Gasteiger partial charge >= 0.3 is 0 Å². The number of para-hydroxylation sites is 1. The standard InChI is InChI=1S/C17H24N4/c1-15-14-21(13-7-12-20-10-5-6-11-20)17(18-15)19-16-8-3-2-4-9-16/h2-4,8-9,14H,5-7,10-13H2,1H3,(H,18,19). The molecule has 1 aromatic carbocycles. The first-order valence-corrected chi connectivity index (χ1v) is 7.89. The molecule has 0 unspecified atom stereocenters. The van der Waals surface area contributed by atoms with Crippen molar-refractivity contribution in [3.8, 4) is 0 Å². The molecule has 0 amide bonds. The predicted molar refractivity (Wildman–Crippen MR) is 87.0 cm³/mol. The molecule has 3 rings (SSSR count). The van der Waals surface area contributed by atoms with Gasteiger partial charge in [0.15, 0.2) is 0 Å². The van der Waals surface area contributed by atoms with Crippen molar-refractivity contribution in [1.82, 2.24) is 14.5 Å². The first-order valence-electron chi connectivity index (χ1n) is 7.89. The molecule has 1 aliphatic rings. The summed E-state index contributed by atoms with van der Waals surface area (Å²) in [4.78, 5) is 7.16. The van der Waals surface area contributed by atoms with E-state index < -0.39 is 0 Å². The Morgan fingerprint density at radius 3 is 2.62 bits per heavy atom. The Hall–Kier alpha value is -1.81. The first kappa shape index (κ1) is 14.1. The zero-order valence-electron chi connectivity index (χ0n) is 12.8. The number of imidazole rings is 1. The summed E-state index contributed by atoms with van der Waals surface area (Å²) < 4.78 is 2.23. The van der Waals surface area contributed by atoms with Gasteiger partial charge in [0.1, 0.15) is 0 Å². The minimum atomic E-state index is 0.945. The van der Waals surface area contributed by atoms with E-state index in [0.29, 0.717) is 0 Å². The SMILES string of the molecule is Cc1cn(CCCN2CCCC2)c(Nc2ccccc2)n1. The molecule has 1 saturated heterocycles. The van der Waals surface area contributed by atoms with Gasteiger partial charge in [0, 0.05) is 18.4 Å². The van der Waals surface area contributed by atoms with Crippen molar-refractivity contribution in [1.29, 1.82) is 0 Å². The van der Waals surface area contributed by atoms with Crippen molar-refractivity contribution in [2.24, 2.45) is 0 Å². The molecule has 0 saturated carbocycles. The molecule has 0 spiro atoms. The summed E-state index contributed by atoms with van der Waals surface area (Å²) in [5, 5.41) is 3.41. The Morgan fingerprint density at radius 1 is 1.10 bits per heavy atom. The molecule has 2 heterocycles. The van der Waals surface area contributed by atoms with Gasteiger partial charge < -0.3 is 14.8 Å². The lowest BCUT2D eigenvalue weighted by molar-refractivity contribution is 0.325. The second-order valence-corrected chi connectivity index (χ2v) is 5.79. The number of hydrogen-bond donors (Lipinski definition) is 1. The minimum Gasteiger partial charge on any atom is -0.326 e. The number of aryl methyl sites for hydroxylation is 2. The van der Waals surface area contributed by atoms with E-state index in [1.54, 1.807) is 0 Å². The van der Waals surface area contributed by atoms with Crippen molar-refractivity contribution in [2.45, 2.75) is 32.7 Å². The van der Waals surface area contributed by atoms with Gasteiger partial charge in [0.25, 0.3) is 0 Å². The van der Waals surface area contributed by atoms with Gasteiger partial charge in [-0.1, -0.05) is 18.2 Å². The summed E-state index contributed by atoms with van der Waals surface area (Å²) in [6.07, 6.45) is 6.05. The van der Waals surface area contributed by atoms with E-state index in [9.17, 15) is 0 Å². The molecule has 112 valence electrons. The molecule has 4 heteroatoms. The fraction of sp³-hybridized carbons (Fsp3) is 0.471. The van der Waals surface area contributed by atoms with Crippen molar-refractivity contribution in [3.63, 3.8) is 0 Å². The third kappa shape index (κ3) is 3.85. The number of nitrogens with one attached hydrogen (secondary N) is 1. The Bertz CT molecular complexity index is 555. The average molecular weight is 284 g/mol. The molecular weight excluding hydrogens is 260 g/mol. The zero-order chi connectivity index (χ0) is 14.5. The highest BCUT2D eigenvalue weighted by Crippen LogP contribution is 2.17. The highest BCUT2D eigenvalue weighted by molar-refractivity contribution is 5.53. The van der Waals surface area contributed by atoms with E-state index in [4.69, 9.17) is 0 Å². The van der Waals surface area contributed by atoms with Gasteiger partial charge in [-0.25, -0.2) is 4.98 Å². The summed E-state index contributed by atoms with van der Waals surface area (Å²) in [6, 6.07) is 10.2. The summed E-state index contributed by atoms with van der Waals surface area (Å²) in [6.45, 7) is 6.82. The molecule has 0 bridgehead atoms. The van der Waals surface area contributed by atoms with Gasteiger partial charge in [-0.3, -0.25) is 0 Å². The van der Waals surface area contributed by atoms with E-state index >= 15 is 0 Å². The number of anilines is 2. The molecular formula is C17H24N4. The number of benzene rings is 1. The van der Waals surface area contributed by atoms with Crippen LogP contribution in [-0.4, -0.2) is 34.1 Å². The lowest BCUT2D eigenvalue weighted by Gasteiger charge is -2.15. The fourth-order valence-corrected chi connectivity index (χ4v) is 2.94. The Labute approximate surface area is 126 Å². The molecule has 1 aliphatic heterocycles. The maximum Gasteiger partial charge on any atom is 0.207 e. The fourth-order valence-electron chi connectivity index (χ4n) is 2.94. The van der Waals surface area contributed by atoms with Crippen molar-refractivity contribution >= 4 is 11.6 Å². The minimum absolute atomic E-state index is 0.945. The molecule has 2 aromatic rings. The van der Waals surface area contributed by atoms with E-state index in [2.05, 4.69) is 38.1 Å². The topological polar surface area (TPSA) is 33.1 Å². The number of hydrogen-bond acceptors (Lipinski definition) is 3. The highest BCUT2D eigenvalue weighted by Gasteiger charge is 2.11. The molecule has 1 fully saturated rings. The molecule has 21 heavy (non-hydrogen) atoms. The maximum atomic E-state index is 4.59. The molecule has 1 N–H and O–H groups in total. The Morgan fingerprint density at radius 2 is 1.86 bits per heavy atom. The molecule has 0 aliphatic carbocycles. The Balaban J connectivity index is 1.59. The number of nitrogens with zero attached hydrogens (tertiary/aromatic N) is 3. The van der Waals surface area contributed by atoms with Crippen LogP contribution in [0.4, 0.5) is 11.6 Å². The van der Waals surface area contributed by atoms with Gasteiger partial charge in [-0.05, 0) is 58.0 Å². The number of likely N-dealkylation sites (tertiary alicyclic amines) is 1. The number of aromatic nitrogens is 2. The van der Waals surface area contributed by atoms with Crippen LogP contribution in [0, 0.1) is 6.92 Å².